The molecule has 0 aliphatic carbocycles. The van der Waals surface area contributed by atoms with Gasteiger partial charge in [-0.25, -0.2) is 0 Å². The largest absolute Gasteiger partial charge is 0.131 e. The van der Waals surface area contributed by atoms with E-state index in [4.69, 9.17) is 0 Å². The van der Waals surface area contributed by atoms with E-state index < -0.39 is 0 Å². The Hall–Kier alpha value is 1.14. The van der Waals surface area contributed by atoms with Gasteiger partial charge in [-0.05, 0) is 50.3 Å². The van der Waals surface area contributed by atoms with E-state index in [1.807, 2.05) is 0 Å². The highest BCUT2D eigenvalue weighted by Crippen LogP contribution is 2.40. The zero-order chi connectivity index (χ0) is 10.0. The van der Waals surface area contributed by atoms with E-state index in [0.29, 0.717) is 4.83 Å². The molecule has 13 heavy (non-hydrogen) atoms. The molecule has 1 atom stereocenters. The van der Waals surface area contributed by atoms with Gasteiger partial charge in [0, 0.05) is 14.2 Å². The summed E-state index contributed by atoms with van der Waals surface area (Å²) in [6.45, 7) is 4.48. The van der Waals surface area contributed by atoms with Gasteiger partial charge in [-0.15, -0.1) is 11.3 Å². The van der Waals surface area contributed by atoms with E-state index in [1.54, 1.807) is 11.3 Å². The van der Waals surface area contributed by atoms with Crippen molar-refractivity contribution in [2.75, 3.05) is 0 Å². The maximum Gasteiger partial charge on any atom is 0.0843 e. The number of halogens is 3. The second-order valence-electron chi connectivity index (χ2n) is 3.37. The highest BCUT2D eigenvalue weighted by atomic mass is 79.9. The third-order valence-electron chi connectivity index (χ3n) is 1.65. The quantitative estimate of drug-likeness (QED) is 0.576. The van der Waals surface area contributed by atoms with Gasteiger partial charge in [-0.2, -0.15) is 0 Å². The third kappa shape index (κ3) is 3.65. The maximum absolute atomic E-state index is 3.70. The molecule has 4 heteroatoms. The smallest absolute Gasteiger partial charge is 0.0843 e. The van der Waals surface area contributed by atoms with Gasteiger partial charge < -0.3 is 0 Å². The summed E-state index contributed by atoms with van der Waals surface area (Å²) >= 11 is 12.5. The number of alkyl halides is 1. The number of rotatable bonds is 3. The van der Waals surface area contributed by atoms with Crippen LogP contribution in [0.1, 0.15) is 30.0 Å². The first-order valence-corrected chi connectivity index (χ1v) is 7.41. The molecule has 0 bridgehead atoms. The van der Waals surface area contributed by atoms with Gasteiger partial charge in [-0.1, -0.05) is 29.8 Å². The molecule has 74 valence electrons. The van der Waals surface area contributed by atoms with Crippen molar-refractivity contribution in [3.63, 3.8) is 0 Å². The lowest BCUT2D eigenvalue weighted by molar-refractivity contribution is 0.587. The topological polar surface area (TPSA) is 0 Å². The van der Waals surface area contributed by atoms with Crippen LogP contribution in [-0.2, 0) is 0 Å². The molecule has 1 aromatic rings. The van der Waals surface area contributed by atoms with Crippen molar-refractivity contribution < 1.29 is 0 Å². The summed E-state index contributed by atoms with van der Waals surface area (Å²) in [6.07, 6.45) is 1.18. The highest BCUT2D eigenvalue weighted by molar-refractivity contribution is 9.13. The summed E-state index contributed by atoms with van der Waals surface area (Å²) in [6, 6.07) is 2.18. The van der Waals surface area contributed by atoms with Crippen molar-refractivity contribution in [3.05, 3.63) is 19.2 Å². The van der Waals surface area contributed by atoms with Crippen LogP contribution in [0.5, 0.6) is 0 Å². The Morgan fingerprint density at radius 3 is 2.38 bits per heavy atom. The lowest BCUT2D eigenvalue weighted by atomic mass is 10.1. The minimum absolute atomic E-state index is 0.486. The highest BCUT2D eigenvalue weighted by Gasteiger charge is 2.13. The molecule has 1 heterocycles. The van der Waals surface area contributed by atoms with Gasteiger partial charge in [0.05, 0.1) is 3.79 Å². The van der Waals surface area contributed by atoms with Crippen LogP contribution in [0.2, 0.25) is 0 Å². The maximum atomic E-state index is 3.70. The molecule has 0 nitrogen and oxygen atoms in total. The Balaban J connectivity index is 2.71. The first-order chi connectivity index (χ1) is 6.00. The average molecular weight is 391 g/mol. The Morgan fingerprint density at radius 2 is 2.00 bits per heavy atom. The molecule has 0 aliphatic heterocycles. The molecule has 1 aromatic heterocycles. The Labute approximate surface area is 108 Å². The molecular weight excluding hydrogens is 380 g/mol. The molecular formula is C9H11Br3S. The van der Waals surface area contributed by atoms with Crippen molar-refractivity contribution in [2.45, 2.75) is 25.1 Å². The van der Waals surface area contributed by atoms with Gasteiger partial charge >= 0.3 is 0 Å². The Bertz CT molecular complexity index is 261. The lowest BCUT2D eigenvalue weighted by Gasteiger charge is -2.09. The zero-order valence-corrected chi connectivity index (χ0v) is 13.1. The van der Waals surface area contributed by atoms with Crippen molar-refractivity contribution in [1.82, 2.24) is 0 Å². The monoisotopic (exact) mass is 388 g/mol. The molecule has 0 spiro atoms. The van der Waals surface area contributed by atoms with Crippen LogP contribution in [0.15, 0.2) is 14.3 Å². The van der Waals surface area contributed by atoms with Gasteiger partial charge in [0.15, 0.2) is 0 Å². The first kappa shape index (κ1) is 12.2. The summed E-state index contributed by atoms with van der Waals surface area (Å²) in [7, 11) is 0. The zero-order valence-electron chi connectivity index (χ0n) is 7.48. The predicted molar refractivity (Wildman–Crippen MR) is 70.8 cm³/mol. The Kier molecular flexibility index (Phi) is 4.97. The average Bonchev–Trinajstić information content (AvgIpc) is 2.31. The molecule has 0 aromatic carbocycles. The second-order valence-corrected chi connectivity index (χ2v) is 7.73. The summed E-state index contributed by atoms with van der Waals surface area (Å²) in [4.78, 5) is 1.87. The van der Waals surface area contributed by atoms with Crippen LogP contribution in [0.25, 0.3) is 0 Å². The van der Waals surface area contributed by atoms with E-state index in [0.717, 1.165) is 10.4 Å². The minimum atomic E-state index is 0.486. The van der Waals surface area contributed by atoms with Crippen molar-refractivity contribution >= 4 is 59.1 Å². The molecule has 0 saturated carbocycles. The molecule has 0 amide bonds. The fraction of sp³-hybridized carbons (Fsp3) is 0.556. The van der Waals surface area contributed by atoms with Crippen LogP contribution in [0.3, 0.4) is 0 Å². The number of hydrogen-bond acceptors (Lipinski definition) is 1. The van der Waals surface area contributed by atoms with E-state index in [1.165, 1.54) is 15.1 Å². The molecule has 0 aliphatic rings. The molecule has 0 radical (unpaired) electrons. The summed E-state index contributed by atoms with van der Waals surface area (Å²) < 4.78 is 2.33. The van der Waals surface area contributed by atoms with Crippen LogP contribution < -0.4 is 0 Å². The summed E-state index contributed by atoms with van der Waals surface area (Å²) in [5.41, 5.74) is 0. The van der Waals surface area contributed by atoms with Gasteiger partial charge in [0.1, 0.15) is 0 Å². The fourth-order valence-corrected chi connectivity index (χ4v) is 4.29. The van der Waals surface area contributed by atoms with E-state index in [-0.39, 0.29) is 0 Å². The normalized spacial score (nSPS) is 13.7. The van der Waals surface area contributed by atoms with Gasteiger partial charge in [0.25, 0.3) is 0 Å². The fourth-order valence-electron chi connectivity index (χ4n) is 1.05. The molecule has 1 unspecified atom stereocenters. The van der Waals surface area contributed by atoms with Crippen molar-refractivity contribution in [2.24, 2.45) is 5.92 Å². The van der Waals surface area contributed by atoms with E-state index in [2.05, 4.69) is 67.7 Å². The molecule has 0 saturated heterocycles. The summed E-state index contributed by atoms with van der Waals surface area (Å²) in [5, 5.41) is 0. The molecule has 0 fully saturated rings. The minimum Gasteiger partial charge on any atom is -0.131 e. The summed E-state index contributed by atoms with van der Waals surface area (Å²) in [5.74, 6) is 0.726. The number of thiophene rings is 1. The molecule has 1 rings (SSSR count). The van der Waals surface area contributed by atoms with Crippen LogP contribution in [0, 0.1) is 5.92 Å². The van der Waals surface area contributed by atoms with E-state index >= 15 is 0 Å². The second kappa shape index (κ2) is 5.29. The third-order valence-corrected chi connectivity index (χ3v) is 6.19. The van der Waals surface area contributed by atoms with Crippen LogP contribution in [0.4, 0.5) is 0 Å². The first-order valence-electron chi connectivity index (χ1n) is 4.09. The van der Waals surface area contributed by atoms with Crippen molar-refractivity contribution in [3.8, 4) is 0 Å². The predicted octanol–water partition coefficient (Wildman–Crippen LogP) is 5.76. The van der Waals surface area contributed by atoms with E-state index in [9.17, 15) is 0 Å². The van der Waals surface area contributed by atoms with Gasteiger partial charge in [-0.3, -0.25) is 0 Å². The SMILES string of the molecule is CC(C)CC(Br)c1cc(Br)c(Br)s1. The van der Waals surface area contributed by atoms with Crippen LogP contribution >= 0.6 is 59.1 Å². The van der Waals surface area contributed by atoms with Crippen molar-refractivity contribution in [1.29, 1.82) is 0 Å². The number of hydrogen-bond donors (Lipinski definition) is 0. The molecule has 0 N–H and O–H groups in total. The van der Waals surface area contributed by atoms with Crippen LogP contribution in [-0.4, -0.2) is 0 Å². The lowest BCUT2D eigenvalue weighted by Crippen LogP contribution is -1.92. The Morgan fingerprint density at radius 1 is 1.38 bits per heavy atom. The van der Waals surface area contributed by atoms with Gasteiger partial charge in [0.2, 0.25) is 0 Å². The standard InChI is InChI=1S/C9H11Br3S/c1-5(2)3-6(10)8-4-7(11)9(12)13-8/h4-6H,3H2,1-2H3.